The maximum Gasteiger partial charge on any atom is 0.340 e. The summed E-state index contributed by atoms with van der Waals surface area (Å²) in [6, 6.07) is 11.3. The van der Waals surface area contributed by atoms with Crippen molar-refractivity contribution in [3.63, 3.8) is 0 Å². The summed E-state index contributed by atoms with van der Waals surface area (Å²) in [5, 5.41) is 2.48. The van der Waals surface area contributed by atoms with Crippen LogP contribution in [0.25, 0.3) is 0 Å². The van der Waals surface area contributed by atoms with E-state index < -0.39 is 42.3 Å². The van der Waals surface area contributed by atoms with E-state index in [2.05, 4.69) is 5.32 Å². The fourth-order valence-corrected chi connectivity index (χ4v) is 3.09. The molecule has 0 radical (unpaired) electrons. The number of anilines is 1. The van der Waals surface area contributed by atoms with Crippen molar-refractivity contribution < 1.29 is 33.4 Å². The highest BCUT2D eigenvalue weighted by Crippen LogP contribution is 2.24. The van der Waals surface area contributed by atoms with E-state index in [0.717, 1.165) is 4.90 Å². The van der Waals surface area contributed by atoms with Crippen LogP contribution < -0.4 is 5.32 Å². The largest absolute Gasteiger partial charge is 0.462 e. The van der Waals surface area contributed by atoms with Gasteiger partial charge in [0.05, 0.1) is 29.0 Å². The average molecular weight is 424 g/mol. The van der Waals surface area contributed by atoms with Gasteiger partial charge in [0.15, 0.2) is 6.61 Å². The van der Waals surface area contributed by atoms with E-state index in [1.54, 1.807) is 31.2 Å². The molecule has 1 heterocycles. The van der Waals surface area contributed by atoms with Crippen LogP contribution in [0.2, 0.25) is 0 Å². The van der Waals surface area contributed by atoms with Gasteiger partial charge in [-0.3, -0.25) is 19.3 Å². The number of hydrogen-bond acceptors (Lipinski definition) is 7. The topological polar surface area (TPSA) is 119 Å². The number of imide groups is 1. The van der Waals surface area contributed by atoms with Crippen molar-refractivity contribution in [1.29, 1.82) is 0 Å². The van der Waals surface area contributed by atoms with Gasteiger partial charge in [-0.25, -0.2) is 9.59 Å². The Morgan fingerprint density at radius 2 is 1.52 bits per heavy atom. The number of fused-ring (bicyclic) bond motifs is 1. The minimum absolute atomic E-state index is 0.156. The molecule has 0 bridgehead atoms. The second-order valence-corrected chi connectivity index (χ2v) is 6.62. The summed E-state index contributed by atoms with van der Waals surface area (Å²) in [6.45, 7) is 2.52. The van der Waals surface area contributed by atoms with Crippen LogP contribution in [0.15, 0.2) is 48.5 Å². The molecule has 2 aromatic rings. The summed E-state index contributed by atoms with van der Waals surface area (Å²) in [6.07, 6.45) is 0. The van der Waals surface area contributed by atoms with Crippen molar-refractivity contribution in [2.45, 2.75) is 19.9 Å². The van der Waals surface area contributed by atoms with E-state index in [1.807, 2.05) is 0 Å². The highest BCUT2D eigenvalue weighted by molar-refractivity contribution is 6.22. The lowest BCUT2D eigenvalue weighted by molar-refractivity contribution is -0.150. The van der Waals surface area contributed by atoms with Crippen LogP contribution in [0.5, 0.6) is 0 Å². The van der Waals surface area contributed by atoms with E-state index in [9.17, 15) is 24.0 Å². The van der Waals surface area contributed by atoms with Gasteiger partial charge >= 0.3 is 11.9 Å². The molecule has 9 heteroatoms. The zero-order valence-electron chi connectivity index (χ0n) is 16.9. The molecule has 0 fully saturated rings. The second-order valence-electron chi connectivity index (χ2n) is 6.62. The van der Waals surface area contributed by atoms with Crippen LogP contribution in [0.4, 0.5) is 5.69 Å². The van der Waals surface area contributed by atoms with Crippen LogP contribution in [0, 0.1) is 0 Å². The maximum absolute atomic E-state index is 12.5. The van der Waals surface area contributed by atoms with Crippen molar-refractivity contribution in [3.8, 4) is 0 Å². The minimum atomic E-state index is -1.22. The fourth-order valence-electron chi connectivity index (χ4n) is 3.09. The number of nitrogens with zero attached hydrogens (tertiary/aromatic N) is 1. The first-order valence-electron chi connectivity index (χ1n) is 9.54. The van der Waals surface area contributed by atoms with Gasteiger partial charge in [0.25, 0.3) is 17.7 Å². The molecule has 2 aromatic carbocycles. The molecule has 1 N–H and O–H groups in total. The average Bonchev–Trinajstić information content (AvgIpc) is 3.02. The number of esters is 2. The SMILES string of the molecule is CCOC(=O)c1ccccc1NC(=O)COC(=O)[C@@H](C)N1C(=O)c2ccccc2C1=O. The number of ether oxygens (including phenoxy) is 2. The van der Waals surface area contributed by atoms with Crippen LogP contribution in [0.3, 0.4) is 0 Å². The molecule has 0 saturated carbocycles. The van der Waals surface area contributed by atoms with Crippen molar-refractivity contribution in [2.24, 2.45) is 0 Å². The van der Waals surface area contributed by atoms with Crippen LogP contribution >= 0.6 is 0 Å². The Morgan fingerprint density at radius 3 is 2.13 bits per heavy atom. The first-order chi connectivity index (χ1) is 14.8. The Bertz CT molecular complexity index is 1030. The predicted molar refractivity (Wildman–Crippen MR) is 108 cm³/mol. The Kier molecular flexibility index (Phi) is 6.44. The molecular formula is C22H20N2O7. The lowest BCUT2D eigenvalue weighted by atomic mass is 10.1. The molecule has 31 heavy (non-hydrogen) atoms. The van der Waals surface area contributed by atoms with E-state index in [1.165, 1.54) is 31.2 Å². The molecule has 1 aliphatic rings. The number of nitrogens with one attached hydrogen (secondary N) is 1. The molecule has 9 nitrogen and oxygen atoms in total. The number of amides is 3. The number of carbonyl (C=O) groups is 5. The van der Waals surface area contributed by atoms with Crippen LogP contribution in [-0.4, -0.2) is 53.8 Å². The fraction of sp³-hybridized carbons (Fsp3) is 0.227. The number of benzene rings is 2. The summed E-state index contributed by atoms with van der Waals surface area (Å²) in [5.74, 6) is -3.41. The molecule has 1 atom stereocenters. The first-order valence-corrected chi connectivity index (χ1v) is 9.54. The summed E-state index contributed by atoms with van der Waals surface area (Å²) < 4.78 is 9.92. The normalized spacial score (nSPS) is 13.4. The summed E-state index contributed by atoms with van der Waals surface area (Å²) in [7, 11) is 0. The predicted octanol–water partition coefficient (Wildman–Crippen LogP) is 2.03. The minimum Gasteiger partial charge on any atom is -0.462 e. The van der Waals surface area contributed by atoms with Gasteiger partial charge in [0.2, 0.25) is 0 Å². The van der Waals surface area contributed by atoms with Crippen molar-refractivity contribution in [1.82, 2.24) is 4.90 Å². The van der Waals surface area contributed by atoms with Crippen LogP contribution in [0.1, 0.15) is 44.9 Å². The number of para-hydroxylation sites is 1. The van der Waals surface area contributed by atoms with Gasteiger partial charge in [-0.05, 0) is 38.1 Å². The number of rotatable bonds is 7. The van der Waals surface area contributed by atoms with Gasteiger partial charge in [-0.15, -0.1) is 0 Å². The molecule has 0 aromatic heterocycles. The van der Waals surface area contributed by atoms with Gasteiger partial charge in [-0.2, -0.15) is 0 Å². The summed E-state index contributed by atoms with van der Waals surface area (Å²) >= 11 is 0. The Balaban J connectivity index is 1.60. The van der Waals surface area contributed by atoms with Gasteiger partial charge in [0.1, 0.15) is 6.04 Å². The molecule has 0 saturated heterocycles. The quantitative estimate of drug-likeness (QED) is 0.533. The smallest absolute Gasteiger partial charge is 0.340 e. The van der Waals surface area contributed by atoms with Crippen molar-refractivity contribution in [2.75, 3.05) is 18.5 Å². The summed E-state index contributed by atoms with van der Waals surface area (Å²) in [5.41, 5.74) is 0.778. The monoisotopic (exact) mass is 424 g/mol. The van der Waals surface area contributed by atoms with Crippen molar-refractivity contribution in [3.05, 3.63) is 65.2 Å². The van der Waals surface area contributed by atoms with E-state index in [4.69, 9.17) is 9.47 Å². The molecule has 0 spiro atoms. The molecule has 3 rings (SSSR count). The first kappa shape index (κ1) is 21.7. The van der Waals surface area contributed by atoms with Gasteiger partial charge in [0, 0.05) is 0 Å². The molecule has 160 valence electrons. The zero-order chi connectivity index (χ0) is 22.5. The Labute approximate surface area is 177 Å². The molecule has 0 aliphatic carbocycles. The third-order valence-corrected chi connectivity index (χ3v) is 4.60. The number of carbonyl (C=O) groups excluding carboxylic acids is 5. The van der Waals surface area contributed by atoms with E-state index in [0.29, 0.717) is 0 Å². The molecular weight excluding hydrogens is 404 g/mol. The standard InChI is InChI=1S/C22H20N2O7/c1-3-30-22(29)16-10-6-7-11-17(16)23-18(25)12-31-21(28)13(2)24-19(26)14-8-4-5-9-15(14)20(24)27/h4-11,13H,3,12H2,1-2H3,(H,23,25)/t13-/m1/s1. The zero-order valence-corrected chi connectivity index (χ0v) is 16.9. The molecule has 0 unspecified atom stereocenters. The third kappa shape index (κ3) is 4.45. The van der Waals surface area contributed by atoms with Crippen LogP contribution in [-0.2, 0) is 19.1 Å². The molecule has 1 aliphatic heterocycles. The molecule has 3 amide bonds. The maximum atomic E-state index is 12.5. The summed E-state index contributed by atoms with van der Waals surface area (Å²) in [4.78, 5) is 62.3. The second kappa shape index (κ2) is 9.21. The lowest BCUT2D eigenvalue weighted by Crippen LogP contribution is -2.44. The Morgan fingerprint density at radius 1 is 0.935 bits per heavy atom. The number of hydrogen-bond donors (Lipinski definition) is 1. The van der Waals surface area contributed by atoms with E-state index >= 15 is 0 Å². The van der Waals surface area contributed by atoms with Gasteiger partial charge < -0.3 is 14.8 Å². The van der Waals surface area contributed by atoms with E-state index in [-0.39, 0.29) is 29.0 Å². The van der Waals surface area contributed by atoms with Crippen molar-refractivity contribution >= 4 is 35.3 Å². The van der Waals surface area contributed by atoms with Gasteiger partial charge in [-0.1, -0.05) is 24.3 Å². The lowest BCUT2D eigenvalue weighted by Gasteiger charge is -2.20. The highest BCUT2D eigenvalue weighted by Gasteiger charge is 2.41. The third-order valence-electron chi connectivity index (χ3n) is 4.60. The Hall–Kier alpha value is -4.01. The highest BCUT2D eigenvalue weighted by atomic mass is 16.5.